The molecule has 2 aromatic carbocycles. The lowest BCUT2D eigenvalue weighted by molar-refractivity contribution is -0.117. The molecule has 2 aromatic rings. The fraction of sp³-hybridized carbons (Fsp3) is 0.235. The Labute approximate surface area is 146 Å². The van der Waals surface area contributed by atoms with E-state index in [1.165, 1.54) is 24.3 Å². The summed E-state index contributed by atoms with van der Waals surface area (Å²) in [7, 11) is -3.61. The van der Waals surface area contributed by atoms with Gasteiger partial charge in [-0.1, -0.05) is 23.7 Å². The molecule has 1 fully saturated rings. The molecule has 24 heavy (non-hydrogen) atoms. The van der Waals surface area contributed by atoms with E-state index in [0.717, 1.165) is 18.4 Å². The maximum absolute atomic E-state index is 12.3. The Balaban J connectivity index is 1.65. The highest BCUT2D eigenvalue weighted by atomic mass is 35.5. The third-order valence-electron chi connectivity index (χ3n) is 3.73. The highest BCUT2D eigenvalue weighted by Crippen LogP contribution is 2.30. The predicted molar refractivity (Wildman–Crippen MR) is 93.3 cm³/mol. The summed E-state index contributed by atoms with van der Waals surface area (Å²) in [5.41, 5.74) is 1.44. The molecule has 0 aliphatic heterocycles. The Morgan fingerprint density at radius 3 is 2.50 bits per heavy atom. The van der Waals surface area contributed by atoms with Gasteiger partial charge < -0.3 is 5.32 Å². The van der Waals surface area contributed by atoms with Gasteiger partial charge >= 0.3 is 0 Å². The summed E-state index contributed by atoms with van der Waals surface area (Å²) in [6, 6.07) is 13.1. The van der Waals surface area contributed by atoms with Gasteiger partial charge in [0.05, 0.1) is 4.90 Å². The molecule has 1 amide bonds. The Morgan fingerprint density at radius 2 is 1.83 bits per heavy atom. The summed E-state index contributed by atoms with van der Waals surface area (Å²) < 4.78 is 27.0. The molecule has 1 aliphatic carbocycles. The van der Waals surface area contributed by atoms with Crippen LogP contribution >= 0.6 is 11.6 Å². The quantitative estimate of drug-likeness (QED) is 0.826. The van der Waals surface area contributed by atoms with Crippen molar-refractivity contribution < 1.29 is 13.2 Å². The number of nitrogens with one attached hydrogen (secondary N) is 2. The second-order valence-corrected chi connectivity index (χ2v) is 7.95. The summed E-state index contributed by atoms with van der Waals surface area (Å²) in [5, 5.41) is 3.33. The molecular formula is C17H17ClN2O3S. The summed E-state index contributed by atoms with van der Waals surface area (Å²) in [5.74, 6) is 0.144. The van der Waals surface area contributed by atoms with Gasteiger partial charge in [-0.05, 0) is 54.8 Å². The van der Waals surface area contributed by atoms with Gasteiger partial charge in [0.1, 0.15) is 0 Å². The zero-order valence-electron chi connectivity index (χ0n) is 12.8. The van der Waals surface area contributed by atoms with Gasteiger partial charge in [0, 0.05) is 23.2 Å². The Hall–Kier alpha value is -1.89. The van der Waals surface area contributed by atoms with E-state index in [1.807, 2.05) is 0 Å². The Bertz CT molecular complexity index is 846. The minimum absolute atomic E-state index is 0.0221. The zero-order valence-corrected chi connectivity index (χ0v) is 14.4. The van der Waals surface area contributed by atoms with Crippen LogP contribution in [-0.4, -0.2) is 14.3 Å². The maximum Gasteiger partial charge on any atom is 0.240 e. The molecule has 0 spiro atoms. The van der Waals surface area contributed by atoms with Crippen molar-refractivity contribution in [3.8, 4) is 0 Å². The number of carbonyl (C=O) groups excluding carboxylic acids is 1. The van der Waals surface area contributed by atoms with E-state index in [1.54, 1.807) is 24.3 Å². The maximum atomic E-state index is 12.3. The molecule has 0 heterocycles. The number of anilines is 1. The van der Waals surface area contributed by atoms with Gasteiger partial charge in [-0.3, -0.25) is 4.79 Å². The average molecular weight is 365 g/mol. The number of halogens is 1. The molecule has 0 unspecified atom stereocenters. The molecule has 0 saturated heterocycles. The molecule has 7 heteroatoms. The molecular weight excluding hydrogens is 348 g/mol. The van der Waals surface area contributed by atoms with E-state index in [2.05, 4.69) is 10.0 Å². The van der Waals surface area contributed by atoms with Crippen LogP contribution in [0.2, 0.25) is 5.02 Å². The van der Waals surface area contributed by atoms with Gasteiger partial charge in [0.15, 0.2) is 0 Å². The first-order valence-corrected chi connectivity index (χ1v) is 9.45. The number of hydrogen-bond donors (Lipinski definition) is 2. The van der Waals surface area contributed by atoms with Crippen molar-refractivity contribution in [3.63, 3.8) is 0 Å². The first-order chi connectivity index (χ1) is 11.4. The molecule has 0 bridgehead atoms. The molecule has 2 N–H and O–H groups in total. The fourth-order valence-corrected chi connectivity index (χ4v) is 3.37. The summed E-state index contributed by atoms with van der Waals surface area (Å²) in [6.07, 6.45) is 1.87. The van der Waals surface area contributed by atoms with Crippen LogP contribution in [0.4, 0.5) is 5.69 Å². The monoisotopic (exact) mass is 364 g/mol. The van der Waals surface area contributed by atoms with E-state index >= 15 is 0 Å². The number of hydrogen-bond acceptors (Lipinski definition) is 3. The third-order valence-corrected chi connectivity index (χ3v) is 5.40. The molecule has 126 valence electrons. The van der Waals surface area contributed by atoms with E-state index in [-0.39, 0.29) is 23.3 Å². The van der Waals surface area contributed by atoms with Gasteiger partial charge in [-0.25, -0.2) is 13.1 Å². The lowest BCUT2D eigenvalue weighted by Gasteiger charge is -2.09. The van der Waals surface area contributed by atoms with Gasteiger partial charge in [0.2, 0.25) is 15.9 Å². The van der Waals surface area contributed by atoms with E-state index in [4.69, 9.17) is 11.6 Å². The van der Waals surface area contributed by atoms with Crippen LogP contribution in [0.1, 0.15) is 18.4 Å². The Morgan fingerprint density at radius 1 is 1.12 bits per heavy atom. The van der Waals surface area contributed by atoms with Gasteiger partial charge in [-0.15, -0.1) is 0 Å². The smallest absolute Gasteiger partial charge is 0.240 e. The largest absolute Gasteiger partial charge is 0.326 e. The van der Waals surface area contributed by atoms with Crippen molar-refractivity contribution in [1.29, 1.82) is 0 Å². The first kappa shape index (κ1) is 17.0. The van der Waals surface area contributed by atoms with Gasteiger partial charge in [0.25, 0.3) is 0 Å². The summed E-state index contributed by atoms with van der Waals surface area (Å²) in [4.78, 5) is 11.9. The minimum atomic E-state index is -3.61. The molecule has 1 saturated carbocycles. The van der Waals surface area contributed by atoms with Crippen LogP contribution < -0.4 is 10.0 Å². The normalized spacial score (nSPS) is 14.4. The molecule has 3 rings (SSSR count). The van der Waals surface area contributed by atoms with Crippen molar-refractivity contribution in [1.82, 2.24) is 4.72 Å². The van der Waals surface area contributed by atoms with E-state index < -0.39 is 10.0 Å². The molecule has 0 aromatic heterocycles. The highest BCUT2D eigenvalue weighted by molar-refractivity contribution is 7.89. The lowest BCUT2D eigenvalue weighted by Crippen LogP contribution is -2.23. The molecule has 5 nitrogen and oxygen atoms in total. The SMILES string of the molecule is O=C(Nc1cccc(CNS(=O)(=O)c2ccc(Cl)cc2)c1)C1CC1. The molecule has 0 atom stereocenters. The van der Waals surface area contributed by atoms with Crippen LogP contribution in [0.5, 0.6) is 0 Å². The fourth-order valence-electron chi connectivity index (χ4n) is 2.22. The number of benzene rings is 2. The van der Waals surface area contributed by atoms with E-state index in [0.29, 0.717) is 10.7 Å². The summed E-state index contributed by atoms with van der Waals surface area (Å²) in [6.45, 7) is 0.137. The van der Waals surface area contributed by atoms with Crippen LogP contribution in [0.25, 0.3) is 0 Å². The second-order valence-electron chi connectivity index (χ2n) is 5.74. The predicted octanol–water partition coefficient (Wildman–Crippen LogP) is 3.17. The second kappa shape index (κ2) is 6.93. The van der Waals surface area contributed by atoms with Crippen molar-refractivity contribution >= 4 is 33.2 Å². The highest BCUT2D eigenvalue weighted by Gasteiger charge is 2.29. The van der Waals surface area contributed by atoms with Crippen LogP contribution in [0.3, 0.4) is 0 Å². The minimum Gasteiger partial charge on any atom is -0.326 e. The zero-order chi connectivity index (χ0) is 17.2. The van der Waals surface area contributed by atoms with Crippen LogP contribution in [0.15, 0.2) is 53.4 Å². The van der Waals surface area contributed by atoms with Crippen molar-refractivity contribution in [2.75, 3.05) is 5.32 Å². The number of rotatable bonds is 6. The van der Waals surface area contributed by atoms with Gasteiger partial charge in [-0.2, -0.15) is 0 Å². The number of carbonyl (C=O) groups is 1. The number of sulfonamides is 1. The number of amides is 1. The third kappa shape index (κ3) is 4.35. The van der Waals surface area contributed by atoms with E-state index in [9.17, 15) is 13.2 Å². The average Bonchev–Trinajstić information content (AvgIpc) is 3.39. The first-order valence-electron chi connectivity index (χ1n) is 7.59. The standard InChI is InChI=1S/C17H17ClN2O3S/c18-14-6-8-16(9-7-14)24(22,23)19-11-12-2-1-3-15(10-12)20-17(21)13-4-5-13/h1-3,6-10,13,19H,4-5,11H2,(H,20,21). The topological polar surface area (TPSA) is 75.3 Å². The van der Waals surface area contributed by atoms with Crippen LogP contribution in [0, 0.1) is 5.92 Å². The molecule has 0 radical (unpaired) electrons. The lowest BCUT2D eigenvalue weighted by atomic mass is 10.2. The van der Waals surface area contributed by atoms with Crippen molar-refractivity contribution in [3.05, 3.63) is 59.1 Å². The van der Waals surface area contributed by atoms with Crippen molar-refractivity contribution in [2.45, 2.75) is 24.3 Å². The summed E-state index contributed by atoms with van der Waals surface area (Å²) >= 11 is 5.77. The van der Waals surface area contributed by atoms with Crippen molar-refractivity contribution in [2.24, 2.45) is 5.92 Å². The molecule has 1 aliphatic rings. The Kier molecular flexibility index (Phi) is 4.89. The van der Waals surface area contributed by atoms with Crippen LogP contribution in [-0.2, 0) is 21.4 Å².